The van der Waals surface area contributed by atoms with Crippen LogP contribution in [0.4, 0.5) is 4.79 Å². The maximum Gasteiger partial charge on any atom is 0.316 e. The van der Waals surface area contributed by atoms with Gasteiger partial charge in [0.15, 0.2) is 0 Å². The minimum atomic E-state index is -0.151. The fourth-order valence-corrected chi connectivity index (χ4v) is 2.31. The summed E-state index contributed by atoms with van der Waals surface area (Å²) in [5.41, 5.74) is 0. The predicted molar refractivity (Wildman–Crippen MR) is 76.0 cm³/mol. The second-order valence-corrected chi connectivity index (χ2v) is 5.09. The second kappa shape index (κ2) is 7.89. The van der Waals surface area contributed by atoms with E-state index >= 15 is 0 Å². The summed E-state index contributed by atoms with van der Waals surface area (Å²) in [4.78, 5) is 19.6. The molecule has 0 bridgehead atoms. The van der Waals surface area contributed by atoms with Crippen molar-refractivity contribution in [1.29, 1.82) is 0 Å². The number of alkyl halides is 1. The third-order valence-corrected chi connectivity index (χ3v) is 3.39. The van der Waals surface area contributed by atoms with Gasteiger partial charge < -0.3 is 15.4 Å². The molecule has 20 heavy (non-hydrogen) atoms. The molecule has 0 aliphatic heterocycles. The van der Waals surface area contributed by atoms with E-state index in [4.69, 9.17) is 16.3 Å². The summed E-state index contributed by atoms with van der Waals surface area (Å²) < 4.78 is 5.71. The van der Waals surface area contributed by atoms with Gasteiger partial charge in [-0.2, -0.15) is 0 Å². The molecular formula is C13H19ClN4O2. The van der Waals surface area contributed by atoms with Crippen LogP contribution in [0.3, 0.4) is 0 Å². The van der Waals surface area contributed by atoms with Crippen LogP contribution in [0.2, 0.25) is 0 Å². The van der Waals surface area contributed by atoms with Crippen LogP contribution in [-0.4, -0.2) is 40.6 Å². The molecule has 110 valence electrons. The first-order chi connectivity index (χ1) is 9.78. The molecule has 0 unspecified atom stereocenters. The van der Waals surface area contributed by atoms with Gasteiger partial charge in [-0.15, -0.1) is 11.6 Å². The van der Waals surface area contributed by atoms with E-state index in [1.807, 2.05) is 0 Å². The number of hydrogen-bond acceptors (Lipinski definition) is 4. The monoisotopic (exact) mass is 298 g/mol. The molecule has 7 heteroatoms. The van der Waals surface area contributed by atoms with Crippen LogP contribution in [0.15, 0.2) is 18.5 Å². The summed E-state index contributed by atoms with van der Waals surface area (Å²) in [6.45, 7) is 0.483. The maximum absolute atomic E-state index is 11.5. The SMILES string of the molecule is O=C(NCCCl)NC1CCC(Oc2ncccn2)CC1. The van der Waals surface area contributed by atoms with Gasteiger partial charge in [0.05, 0.1) is 0 Å². The molecule has 2 N–H and O–H groups in total. The van der Waals surface area contributed by atoms with Gasteiger partial charge in [-0.25, -0.2) is 14.8 Å². The Kier molecular flexibility index (Phi) is 5.86. The molecular weight excluding hydrogens is 280 g/mol. The first kappa shape index (κ1) is 14.8. The first-order valence-electron chi connectivity index (χ1n) is 6.82. The number of amides is 2. The van der Waals surface area contributed by atoms with Crippen molar-refractivity contribution in [2.75, 3.05) is 12.4 Å². The highest BCUT2D eigenvalue weighted by molar-refractivity contribution is 6.18. The number of ether oxygens (including phenoxy) is 1. The van der Waals surface area contributed by atoms with Gasteiger partial charge in [0, 0.05) is 30.9 Å². The second-order valence-electron chi connectivity index (χ2n) is 4.71. The summed E-state index contributed by atoms with van der Waals surface area (Å²) in [7, 11) is 0. The molecule has 1 aromatic rings. The van der Waals surface area contributed by atoms with Gasteiger partial charge in [-0.3, -0.25) is 0 Å². The average Bonchev–Trinajstić information content (AvgIpc) is 2.48. The molecule has 1 saturated carbocycles. The highest BCUT2D eigenvalue weighted by Gasteiger charge is 2.23. The molecule has 0 spiro atoms. The molecule has 1 fully saturated rings. The summed E-state index contributed by atoms with van der Waals surface area (Å²) >= 11 is 5.51. The summed E-state index contributed by atoms with van der Waals surface area (Å²) in [6.07, 6.45) is 7.02. The minimum Gasteiger partial charge on any atom is -0.460 e. The molecule has 0 atom stereocenters. The van der Waals surface area contributed by atoms with Crippen molar-refractivity contribution < 1.29 is 9.53 Å². The zero-order valence-corrected chi connectivity index (χ0v) is 12.0. The molecule has 1 aliphatic rings. The zero-order chi connectivity index (χ0) is 14.2. The number of carbonyl (C=O) groups is 1. The number of nitrogens with one attached hydrogen (secondary N) is 2. The van der Waals surface area contributed by atoms with Gasteiger partial charge in [0.2, 0.25) is 0 Å². The number of aromatic nitrogens is 2. The largest absolute Gasteiger partial charge is 0.460 e. The van der Waals surface area contributed by atoms with E-state index < -0.39 is 0 Å². The lowest BCUT2D eigenvalue weighted by atomic mass is 9.93. The molecule has 0 saturated heterocycles. The smallest absolute Gasteiger partial charge is 0.316 e. The van der Waals surface area contributed by atoms with Crippen LogP contribution in [0.25, 0.3) is 0 Å². The van der Waals surface area contributed by atoms with Gasteiger partial charge >= 0.3 is 12.0 Å². The van der Waals surface area contributed by atoms with Gasteiger partial charge in [-0.05, 0) is 31.7 Å². The fourth-order valence-electron chi connectivity index (χ4n) is 2.22. The van der Waals surface area contributed by atoms with Gasteiger partial charge in [-0.1, -0.05) is 0 Å². The zero-order valence-electron chi connectivity index (χ0n) is 11.2. The normalized spacial score (nSPS) is 22.1. The van der Waals surface area contributed by atoms with Gasteiger partial charge in [0.1, 0.15) is 6.10 Å². The quantitative estimate of drug-likeness (QED) is 0.811. The minimum absolute atomic E-state index is 0.126. The summed E-state index contributed by atoms with van der Waals surface area (Å²) in [5.74, 6) is 0.422. The van der Waals surface area contributed by atoms with Crippen molar-refractivity contribution in [1.82, 2.24) is 20.6 Å². The Labute approximate surface area is 123 Å². The highest BCUT2D eigenvalue weighted by atomic mass is 35.5. The average molecular weight is 299 g/mol. The Bertz CT molecular complexity index is 410. The molecule has 1 heterocycles. The van der Waals surface area contributed by atoms with Crippen LogP contribution in [0, 0.1) is 0 Å². The van der Waals surface area contributed by atoms with Gasteiger partial charge in [0.25, 0.3) is 0 Å². The summed E-state index contributed by atoms with van der Waals surface area (Å²) in [5, 5.41) is 5.64. The highest BCUT2D eigenvalue weighted by Crippen LogP contribution is 2.21. The van der Waals surface area contributed by atoms with Crippen molar-refractivity contribution in [3.63, 3.8) is 0 Å². The Morgan fingerprint density at radius 3 is 2.65 bits per heavy atom. The van der Waals surface area contributed by atoms with E-state index in [0.29, 0.717) is 18.4 Å². The van der Waals surface area contributed by atoms with Crippen molar-refractivity contribution in [3.05, 3.63) is 18.5 Å². The maximum atomic E-state index is 11.5. The van der Waals surface area contributed by atoms with Crippen LogP contribution < -0.4 is 15.4 Å². The van der Waals surface area contributed by atoms with Crippen LogP contribution in [0.1, 0.15) is 25.7 Å². The van der Waals surface area contributed by atoms with E-state index in [1.54, 1.807) is 18.5 Å². The van der Waals surface area contributed by atoms with Crippen LogP contribution in [-0.2, 0) is 0 Å². The molecule has 0 aromatic carbocycles. The fraction of sp³-hybridized carbons (Fsp3) is 0.615. The number of nitrogens with zero attached hydrogens (tertiary/aromatic N) is 2. The summed E-state index contributed by atoms with van der Waals surface area (Å²) in [6, 6.07) is 2.22. The van der Waals surface area contributed by atoms with Crippen LogP contribution >= 0.6 is 11.6 Å². The van der Waals surface area contributed by atoms with E-state index in [-0.39, 0.29) is 18.2 Å². The van der Waals surface area contributed by atoms with Crippen LogP contribution in [0.5, 0.6) is 6.01 Å². The molecule has 6 nitrogen and oxygen atoms in total. The van der Waals surface area contributed by atoms with E-state index in [0.717, 1.165) is 25.7 Å². The van der Waals surface area contributed by atoms with Crippen molar-refractivity contribution in [2.24, 2.45) is 0 Å². The lowest BCUT2D eigenvalue weighted by molar-refractivity contribution is 0.129. The molecule has 0 radical (unpaired) electrons. The molecule has 2 rings (SSSR count). The van der Waals surface area contributed by atoms with E-state index in [1.165, 1.54) is 0 Å². The Morgan fingerprint density at radius 1 is 1.30 bits per heavy atom. The number of urea groups is 1. The van der Waals surface area contributed by atoms with Crippen molar-refractivity contribution in [2.45, 2.75) is 37.8 Å². The lowest BCUT2D eigenvalue weighted by Crippen LogP contribution is -2.45. The Morgan fingerprint density at radius 2 is 2.00 bits per heavy atom. The predicted octanol–water partition coefficient (Wildman–Crippen LogP) is 1.70. The number of hydrogen-bond donors (Lipinski definition) is 2. The lowest BCUT2D eigenvalue weighted by Gasteiger charge is -2.28. The topological polar surface area (TPSA) is 76.1 Å². The molecule has 1 aromatic heterocycles. The Hall–Kier alpha value is -1.56. The molecule has 1 aliphatic carbocycles. The number of carbonyl (C=O) groups excluding carboxylic acids is 1. The number of rotatable bonds is 5. The van der Waals surface area contributed by atoms with E-state index in [2.05, 4.69) is 20.6 Å². The number of halogens is 1. The molecule has 2 amide bonds. The van der Waals surface area contributed by atoms with Crippen molar-refractivity contribution in [3.8, 4) is 6.01 Å². The third-order valence-electron chi connectivity index (χ3n) is 3.20. The third kappa shape index (κ3) is 4.85. The van der Waals surface area contributed by atoms with E-state index in [9.17, 15) is 4.79 Å². The Balaban J connectivity index is 1.68. The standard InChI is InChI=1S/C13H19ClN4O2/c14-6-9-15-12(19)18-10-2-4-11(5-3-10)20-13-16-7-1-8-17-13/h1,7-8,10-11H,2-6,9H2,(H2,15,18,19). The van der Waals surface area contributed by atoms with Crippen molar-refractivity contribution >= 4 is 17.6 Å². The first-order valence-corrected chi connectivity index (χ1v) is 7.35.